The molecule has 9 heteroatoms. The largest absolute Gasteiger partial charge is 0.491 e. The molecule has 1 amide bonds. The Morgan fingerprint density at radius 3 is 2.94 bits per heavy atom. The number of benzene rings is 2. The highest BCUT2D eigenvalue weighted by Gasteiger charge is 2.29. The molecule has 1 unspecified atom stereocenters. The van der Waals surface area contributed by atoms with Crippen molar-refractivity contribution in [2.75, 3.05) is 44.6 Å². The summed E-state index contributed by atoms with van der Waals surface area (Å²) in [6.07, 6.45) is 1.62. The van der Waals surface area contributed by atoms with E-state index >= 15 is 0 Å². The SMILES string of the molecule is C[C@@H]1CN[C@@H](C)CN1CCCN(C(=O)CNc1ccc(F)c(Cl)c1)C1COc2ccc(Br)cc2C1. The van der Waals surface area contributed by atoms with E-state index in [1.54, 1.807) is 6.07 Å². The molecular weight excluding hydrogens is 535 g/mol. The van der Waals surface area contributed by atoms with Crippen LogP contribution in [0.1, 0.15) is 25.8 Å². The normalized spacial score (nSPS) is 22.3. The van der Waals surface area contributed by atoms with Crippen LogP contribution in [0.15, 0.2) is 40.9 Å². The average Bonchev–Trinajstić information content (AvgIpc) is 2.84. The number of halogens is 3. The lowest BCUT2D eigenvalue weighted by molar-refractivity contribution is -0.132. The van der Waals surface area contributed by atoms with E-state index in [4.69, 9.17) is 16.3 Å². The summed E-state index contributed by atoms with van der Waals surface area (Å²) in [5.41, 5.74) is 1.71. The second kappa shape index (κ2) is 11.9. The van der Waals surface area contributed by atoms with Crippen molar-refractivity contribution in [3.63, 3.8) is 0 Å². The van der Waals surface area contributed by atoms with Crippen LogP contribution in [0.25, 0.3) is 0 Å². The van der Waals surface area contributed by atoms with Crippen LogP contribution in [0.2, 0.25) is 5.02 Å². The third-order valence-corrected chi connectivity index (χ3v) is 7.55. The highest BCUT2D eigenvalue weighted by Crippen LogP contribution is 2.29. The minimum Gasteiger partial charge on any atom is -0.491 e. The van der Waals surface area contributed by atoms with E-state index in [-0.39, 0.29) is 23.5 Å². The van der Waals surface area contributed by atoms with Gasteiger partial charge in [-0.3, -0.25) is 9.69 Å². The van der Waals surface area contributed by atoms with E-state index in [0.717, 1.165) is 48.3 Å². The van der Waals surface area contributed by atoms with Gasteiger partial charge in [-0.05, 0) is 68.7 Å². The van der Waals surface area contributed by atoms with Crippen LogP contribution in [-0.2, 0) is 11.2 Å². The molecule has 0 spiro atoms. The first-order chi connectivity index (χ1) is 16.8. The van der Waals surface area contributed by atoms with Crippen LogP contribution in [0, 0.1) is 5.82 Å². The number of anilines is 1. The maximum atomic E-state index is 13.5. The van der Waals surface area contributed by atoms with Crippen LogP contribution >= 0.6 is 27.5 Å². The second-order valence-electron chi connectivity index (χ2n) is 9.50. The third kappa shape index (κ3) is 6.88. The summed E-state index contributed by atoms with van der Waals surface area (Å²) in [6, 6.07) is 11.3. The van der Waals surface area contributed by atoms with Gasteiger partial charge in [-0.2, -0.15) is 0 Å². The van der Waals surface area contributed by atoms with Gasteiger partial charge < -0.3 is 20.3 Å². The summed E-state index contributed by atoms with van der Waals surface area (Å²) < 4.78 is 20.5. The monoisotopic (exact) mass is 566 g/mol. The lowest BCUT2D eigenvalue weighted by atomic mass is 10.0. The molecule has 1 fully saturated rings. The number of hydrogen-bond donors (Lipinski definition) is 2. The van der Waals surface area contributed by atoms with Gasteiger partial charge in [-0.1, -0.05) is 27.5 Å². The van der Waals surface area contributed by atoms with Gasteiger partial charge in [-0.25, -0.2) is 4.39 Å². The number of rotatable bonds is 8. The molecular formula is C26H33BrClFN4O2. The minimum absolute atomic E-state index is 0.0146. The Hall–Kier alpha value is -1.87. The van der Waals surface area contributed by atoms with E-state index in [2.05, 4.69) is 51.4 Å². The van der Waals surface area contributed by atoms with Crippen molar-refractivity contribution in [2.45, 2.75) is 44.8 Å². The van der Waals surface area contributed by atoms with Crippen molar-refractivity contribution >= 4 is 39.1 Å². The molecule has 6 nitrogen and oxygen atoms in total. The van der Waals surface area contributed by atoms with Gasteiger partial charge in [0.15, 0.2) is 0 Å². The fourth-order valence-corrected chi connectivity index (χ4v) is 5.39. The molecule has 1 saturated heterocycles. The van der Waals surface area contributed by atoms with Gasteiger partial charge in [0.1, 0.15) is 18.2 Å². The third-order valence-electron chi connectivity index (χ3n) is 6.77. The Bertz CT molecular complexity index is 1040. The number of hydrogen-bond acceptors (Lipinski definition) is 5. The zero-order valence-electron chi connectivity index (χ0n) is 20.2. The first-order valence-corrected chi connectivity index (χ1v) is 13.3. The van der Waals surface area contributed by atoms with Gasteiger partial charge >= 0.3 is 0 Å². The zero-order chi connectivity index (χ0) is 24.9. The molecule has 2 N–H and O–H groups in total. The van der Waals surface area contributed by atoms with Crippen LogP contribution in [0.4, 0.5) is 10.1 Å². The van der Waals surface area contributed by atoms with Gasteiger partial charge in [0.2, 0.25) is 5.91 Å². The molecule has 2 heterocycles. The Balaban J connectivity index is 1.43. The molecule has 2 aromatic rings. The minimum atomic E-state index is -0.481. The highest BCUT2D eigenvalue weighted by atomic mass is 79.9. The summed E-state index contributed by atoms with van der Waals surface area (Å²) in [6.45, 7) is 8.59. The summed E-state index contributed by atoms with van der Waals surface area (Å²) >= 11 is 9.44. The molecule has 35 heavy (non-hydrogen) atoms. The first-order valence-electron chi connectivity index (χ1n) is 12.2. The van der Waals surface area contributed by atoms with Gasteiger partial charge in [0, 0.05) is 48.4 Å². The number of nitrogens with one attached hydrogen (secondary N) is 2. The number of carbonyl (C=O) groups is 1. The Morgan fingerprint density at radius 1 is 1.31 bits per heavy atom. The number of piperazine rings is 1. The van der Waals surface area contributed by atoms with Crippen LogP contribution in [-0.4, -0.2) is 73.2 Å². The standard InChI is InChI=1S/C26H33BrClFN4O2/c1-17-15-32(18(2)13-30-17)8-3-9-33(22-11-19-10-20(27)4-7-25(19)35-16-22)26(34)14-31-21-5-6-24(29)23(28)12-21/h4-7,10,12,17-18,22,30-31H,3,8-9,11,13-16H2,1-2H3/t17-,18+,22?/m0/s1. The quantitative estimate of drug-likeness (QED) is 0.490. The molecule has 0 saturated carbocycles. The van der Waals surface area contributed by atoms with Crippen LogP contribution in [0.5, 0.6) is 5.75 Å². The van der Waals surface area contributed by atoms with Crippen molar-refractivity contribution in [3.8, 4) is 5.75 Å². The molecule has 0 aromatic heterocycles. The lowest BCUT2D eigenvalue weighted by Crippen LogP contribution is -2.55. The lowest BCUT2D eigenvalue weighted by Gasteiger charge is -2.39. The van der Waals surface area contributed by atoms with E-state index in [9.17, 15) is 9.18 Å². The van der Waals surface area contributed by atoms with Gasteiger partial charge in [0.05, 0.1) is 17.6 Å². The van der Waals surface area contributed by atoms with Crippen molar-refractivity contribution in [1.82, 2.24) is 15.1 Å². The predicted octanol–water partition coefficient (Wildman–Crippen LogP) is 4.56. The number of carbonyl (C=O) groups excluding carboxylic acids is 1. The summed E-state index contributed by atoms with van der Waals surface area (Å²) in [5, 5.41) is 6.65. The maximum absolute atomic E-state index is 13.5. The number of ether oxygens (including phenoxy) is 1. The zero-order valence-corrected chi connectivity index (χ0v) is 22.5. The summed E-state index contributed by atoms with van der Waals surface area (Å²) in [4.78, 5) is 17.8. The van der Waals surface area contributed by atoms with E-state index < -0.39 is 5.82 Å². The Kier molecular flexibility index (Phi) is 8.92. The molecule has 4 rings (SSSR count). The fraction of sp³-hybridized carbons (Fsp3) is 0.500. The molecule has 0 radical (unpaired) electrons. The molecule has 2 aliphatic heterocycles. The Labute approximate surface area is 220 Å². The fourth-order valence-electron chi connectivity index (χ4n) is 4.80. The van der Waals surface area contributed by atoms with E-state index in [0.29, 0.717) is 30.9 Å². The maximum Gasteiger partial charge on any atom is 0.242 e. The Morgan fingerprint density at radius 2 is 2.14 bits per heavy atom. The molecule has 3 atom stereocenters. The first kappa shape index (κ1) is 26.2. The number of fused-ring (bicyclic) bond motifs is 1. The molecule has 2 aromatic carbocycles. The van der Waals surface area contributed by atoms with Crippen molar-refractivity contribution in [1.29, 1.82) is 0 Å². The number of nitrogens with zero attached hydrogens (tertiary/aromatic N) is 2. The van der Waals surface area contributed by atoms with Crippen molar-refractivity contribution in [3.05, 3.63) is 57.3 Å². The van der Waals surface area contributed by atoms with E-state index in [1.165, 1.54) is 12.1 Å². The van der Waals surface area contributed by atoms with Crippen LogP contribution in [0.3, 0.4) is 0 Å². The highest BCUT2D eigenvalue weighted by molar-refractivity contribution is 9.10. The van der Waals surface area contributed by atoms with E-state index in [1.807, 2.05) is 17.0 Å². The topological polar surface area (TPSA) is 56.8 Å². The van der Waals surface area contributed by atoms with Gasteiger partial charge in [-0.15, -0.1) is 0 Å². The summed E-state index contributed by atoms with van der Waals surface area (Å²) in [7, 11) is 0. The predicted molar refractivity (Wildman–Crippen MR) is 142 cm³/mol. The molecule has 2 aliphatic rings. The number of amides is 1. The molecule has 0 aliphatic carbocycles. The van der Waals surface area contributed by atoms with Crippen molar-refractivity contribution < 1.29 is 13.9 Å². The van der Waals surface area contributed by atoms with Crippen LogP contribution < -0.4 is 15.4 Å². The summed E-state index contributed by atoms with van der Waals surface area (Å²) in [5.74, 6) is 0.379. The molecule has 190 valence electrons. The van der Waals surface area contributed by atoms with Crippen molar-refractivity contribution in [2.24, 2.45) is 0 Å². The average molecular weight is 568 g/mol. The smallest absolute Gasteiger partial charge is 0.242 e. The second-order valence-corrected chi connectivity index (χ2v) is 10.8. The molecule has 0 bridgehead atoms. The van der Waals surface area contributed by atoms with Gasteiger partial charge in [0.25, 0.3) is 0 Å².